The number of anilines is 1. The lowest BCUT2D eigenvalue weighted by Gasteiger charge is -2.14. The van der Waals surface area contributed by atoms with Crippen molar-refractivity contribution in [2.45, 2.75) is 19.1 Å². The van der Waals surface area contributed by atoms with Crippen LogP contribution in [0.5, 0.6) is 0 Å². The van der Waals surface area contributed by atoms with Crippen molar-refractivity contribution in [1.29, 1.82) is 0 Å². The van der Waals surface area contributed by atoms with E-state index in [-0.39, 0.29) is 17.8 Å². The summed E-state index contributed by atoms with van der Waals surface area (Å²) in [4.78, 5) is 10.5. The first-order valence-corrected chi connectivity index (χ1v) is 5.12. The van der Waals surface area contributed by atoms with Gasteiger partial charge in [-0.25, -0.2) is 0 Å². The highest BCUT2D eigenvalue weighted by Gasteiger charge is 2.32. The maximum absolute atomic E-state index is 12.6. The van der Waals surface area contributed by atoms with Crippen LogP contribution in [0.25, 0.3) is 0 Å². The Morgan fingerprint density at radius 1 is 1.50 bits per heavy atom. The molecule has 4 N–H and O–H groups in total. The van der Waals surface area contributed by atoms with Gasteiger partial charge in [-0.15, -0.1) is 0 Å². The highest BCUT2D eigenvalue weighted by atomic mass is 19.4. The molecule has 1 atom stereocenters. The minimum Gasteiger partial charge on any atom is -0.480 e. The maximum atomic E-state index is 12.6. The highest BCUT2D eigenvalue weighted by molar-refractivity contribution is 5.74. The third-order valence-electron chi connectivity index (χ3n) is 2.39. The number of nitrogens with one attached hydrogen (secondary N) is 1. The van der Waals surface area contributed by atoms with Crippen LogP contribution in [0.1, 0.15) is 11.1 Å². The van der Waals surface area contributed by atoms with Gasteiger partial charge in [0.2, 0.25) is 0 Å². The highest BCUT2D eigenvalue weighted by Crippen LogP contribution is 2.33. The van der Waals surface area contributed by atoms with E-state index in [4.69, 9.17) is 10.8 Å². The molecule has 1 aromatic carbocycles. The molecule has 1 unspecified atom stereocenters. The van der Waals surface area contributed by atoms with Crippen LogP contribution in [0, 0.1) is 6.92 Å². The number of hydrogen-bond donors (Lipinski definition) is 3. The second-order valence-corrected chi connectivity index (χ2v) is 3.85. The molecule has 0 aliphatic rings. The van der Waals surface area contributed by atoms with E-state index in [0.717, 1.165) is 6.07 Å². The molecule has 0 aliphatic heterocycles. The fourth-order valence-electron chi connectivity index (χ4n) is 1.35. The van der Waals surface area contributed by atoms with Gasteiger partial charge in [0.05, 0.1) is 5.56 Å². The van der Waals surface area contributed by atoms with Crippen LogP contribution >= 0.6 is 0 Å². The first-order chi connectivity index (χ1) is 8.21. The Morgan fingerprint density at radius 3 is 2.61 bits per heavy atom. The van der Waals surface area contributed by atoms with Gasteiger partial charge < -0.3 is 16.2 Å². The number of halogens is 3. The van der Waals surface area contributed by atoms with Crippen LogP contribution in [0.15, 0.2) is 18.2 Å². The summed E-state index contributed by atoms with van der Waals surface area (Å²) in [6.07, 6.45) is -4.43. The van der Waals surface area contributed by atoms with Crippen molar-refractivity contribution in [3.05, 3.63) is 29.3 Å². The molecule has 1 aromatic rings. The summed E-state index contributed by atoms with van der Waals surface area (Å²) in [7, 11) is 0. The number of carboxylic acids is 1. The summed E-state index contributed by atoms with van der Waals surface area (Å²) in [6, 6.07) is 2.53. The number of rotatable bonds is 4. The predicted molar refractivity (Wildman–Crippen MR) is 60.3 cm³/mol. The largest absolute Gasteiger partial charge is 0.480 e. The SMILES string of the molecule is Cc1ccc(NCC(N)C(=O)O)cc1C(F)(F)F. The van der Waals surface area contributed by atoms with Gasteiger partial charge >= 0.3 is 12.1 Å². The molecule has 0 bridgehead atoms. The van der Waals surface area contributed by atoms with Crippen LogP contribution < -0.4 is 11.1 Å². The van der Waals surface area contributed by atoms with E-state index in [1.54, 1.807) is 0 Å². The minimum atomic E-state index is -4.43. The molecular formula is C11H13F3N2O2. The molecule has 0 aromatic heterocycles. The minimum absolute atomic E-state index is 0.107. The molecule has 0 aliphatic carbocycles. The van der Waals surface area contributed by atoms with Crippen molar-refractivity contribution in [3.63, 3.8) is 0 Å². The number of aryl methyl sites for hydroxylation is 1. The van der Waals surface area contributed by atoms with Crippen LogP contribution in [-0.2, 0) is 11.0 Å². The lowest BCUT2D eigenvalue weighted by Crippen LogP contribution is -2.36. The third-order valence-corrected chi connectivity index (χ3v) is 2.39. The molecule has 18 heavy (non-hydrogen) atoms. The Balaban J connectivity index is 2.83. The molecule has 0 saturated heterocycles. The number of aliphatic carboxylic acids is 1. The van der Waals surface area contributed by atoms with E-state index in [9.17, 15) is 18.0 Å². The average molecular weight is 262 g/mol. The lowest BCUT2D eigenvalue weighted by molar-refractivity contribution is -0.139. The molecule has 0 saturated carbocycles. The quantitative estimate of drug-likeness (QED) is 0.774. The van der Waals surface area contributed by atoms with Gasteiger partial charge in [0.25, 0.3) is 0 Å². The molecule has 7 heteroatoms. The number of carboxylic acid groups (broad SMARTS) is 1. The normalized spacial score (nSPS) is 13.2. The third kappa shape index (κ3) is 3.63. The standard InChI is InChI=1S/C11H13F3N2O2/c1-6-2-3-7(4-8(6)11(12,13)14)16-5-9(15)10(17)18/h2-4,9,16H,5,15H2,1H3,(H,17,18). The van der Waals surface area contributed by atoms with E-state index >= 15 is 0 Å². The number of alkyl halides is 3. The van der Waals surface area contributed by atoms with Crippen molar-refractivity contribution in [2.24, 2.45) is 5.73 Å². The molecule has 0 heterocycles. The van der Waals surface area contributed by atoms with Crippen molar-refractivity contribution in [3.8, 4) is 0 Å². The maximum Gasteiger partial charge on any atom is 0.416 e. The van der Waals surface area contributed by atoms with Crippen LogP contribution in [0.3, 0.4) is 0 Å². The van der Waals surface area contributed by atoms with E-state index in [1.165, 1.54) is 19.1 Å². The van der Waals surface area contributed by atoms with E-state index in [1.807, 2.05) is 0 Å². The summed E-state index contributed by atoms with van der Waals surface area (Å²) in [5, 5.41) is 11.1. The first-order valence-electron chi connectivity index (χ1n) is 5.12. The van der Waals surface area contributed by atoms with Gasteiger partial charge in [-0.3, -0.25) is 4.79 Å². The van der Waals surface area contributed by atoms with E-state index in [2.05, 4.69) is 5.32 Å². The van der Waals surface area contributed by atoms with Gasteiger partial charge in [-0.1, -0.05) is 6.07 Å². The van der Waals surface area contributed by atoms with Gasteiger partial charge in [0.1, 0.15) is 6.04 Å². The van der Waals surface area contributed by atoms with Crippen LogP contribution in [0.4, 0.5) is 18.9 Å². The zero-order valence-corrected chi connectivity index (χ0v) is 9.58. The van der Waals surface area contributed by atoms with Crippen LogP contribution in [-0.4, -0.2) is 23.7 Å². The summed E-state index contributed by atoms with van der Waals surface area (Å²) in [5.41, 5.74) is 4.77. The monoisotopic (exact) mass is 262 g/mol. The van der Waals surface area contributed by atoms with Crippen molar-refractivity contribution in [1.82, 2.24) is 0 Å². The molecule has 100 valence electrons. The van der Waals surface area contributed by atoms with Crippen molar-refractivity contribution >= 4 is 11.7 Å². The molecule has 0 amide bonds. The molecule has 0 radical (unpaired) electrons. The Bertz CT molecular complexity index is 446. The van der Waals surface area contributed by atoms with Crippen LogP contribution in [0.2, 0.25) is 0 Å². The zero-order valence-electron chi connectivity index (χ0n) is 9.58. The number of hydrogen-bond acceptors (Lipinski definition) is 3. The Hall–Kier alpha value is -1.76. The summed E-state index contributed by atoms with van der Waals surface area (Å²) in [5.74, 6) is -1.22. The smallest absolute Gasteiger partial charge is 0.416 e. The van der Waals surface area contributed by atoms with E-state index in [0.29, 0.717) is 0 Å². The molecule has 1 rings (SSSR count). The predicted octanol–water partition coefficient (Wildman–Crippen LogP) is 1.84. The summed E-state index contributed by atoms with van der Waals surface area (Å²) >= 11 is 0. The fourth-order valence-corrected chi connectivity index (χ4v) is 1.35. The molecule has 0 spiro atoms. The Kier molecular flexibility index (Phi) is 4.18. The first kappa shape index (κ1) is 14.3. The molecular weight excluding hydrogens is 249 g/mol. The zero-order chi connectivity index (χ0) is 13.9. The van der Waals surface area contributed by atoms with Gasteiger partial charge in [0.15, 0.2) is 0 Å². The summed E-state index contributed by atoms with van der Waals surface area (Å²) < 4.78 is 37.8. The van der Waals surface area contributed by atoms with Gasteiger partial charge in [-0.05, 0) is 24.6 Å². The Morgan fingerprint density at radius 2 is 2.11 bits per heavy atom. The van der Waals surface area contributed by atoms with Crippen molar-refractivity contribution < 1.29 is 23.1 Å². The fraction of sp³-hybridized carbons (Fsp3) is 0.364. The van der Waals surface area contributed by atoms with Gasteiger partial charge in [0, 0.05) is 12.2 Å². The topological polar surface area (TPSA) is 75.3 Å². The molecule has 0 fully saturated rings. The number of benzene rings is 1. The second kappa shape index (κ2) is 5.26. The Labute approximate surface area is 102 Å². The average Bonchev–Trinajstić information content (AvgIpc) is 2.25. The van der Waals surface area contributed by atoms with E-state index < -0.39 is 23.8 Å². The second-order valence-electron chi connectivity index (χ2n) is 3.85. The number of nitrogens with two attached hydrogens (primary N) is 1. The van der Waals surface area contributed by atoms with Crippen molar-refractivity contribution in [2.75, 3.05) is 11.9 Å². The lowest BCUT2D eigenvalue weighted by atomic mass is 10.1. The number of carbonyl (C=O) groups is 1. The summed E-state index contributed by atoms with van der Waals surface area (Å²) in [6.45, 7) is 1.21. The molecule has 4 nitrogen and oxygen atoms in total. The van der Waals surface area contributed by atoms with Gasteiger partial charge in [-0.2, -0.15) is 13.2 Å².